The number of methoxy groups -OCH3 is 1. The van der Waals surface area contributed by atoms with Gasteiger partial charge in [-0.3, -0.25) is 9.79 Å². The average molecular weight is 368 g/mol. The molecule has 0 radical (unpaired) electrons. The Labute approximate surface area is 139 Å². The van der Waals surface area contributed by atoms with E-state index in [1.54, 1.807) is 7.05 Å². The van der Waals surface area contributed by atoms with Crippen LogP contribution < -0.4 is 5.32 Å². The molecule has 1 aromatic rings. The number of hydrogen-bond acceptors (Lipinski definition) is 3. The van der Waals surface area contributed by atoms with Crippen molar-refractivity contribution in [2.75, 3.05) is 27.2 Å². The summed E-state index contributed by atoms with van der Waals surface area (Å²) >= 11 is 3.43. The van der Waals surface area contributed by atoms with E-state index in [1.165, 1.54) is 12.7 Å². The number of likely N-dealkylation sites (tertiary alicyclic amines) is 1. The summed E-state index contributed by atoms with van der Waals surface area (Å²) in [4.78, 5) is 18.1. The number of benzene rings is 1. The Kier molecular flexibility index (Phi) is 6.24. The van der Waals surface area contributed by atoms with Crippen LogP contribution in [0.25, 0.3) is 0 Å². The number of halogens is 1. The Balaban J connectivity index is 1.85. The fourth-order valence-electron chi connectivity index (χ4n) is 2.61. The normalized spacial score (nSPS) is 16.5. The van der Waals surface area contributed by atoms with Gasteiger partial charge in [0.05, 0.1) is 13.0 Å². The van der Waals surface area contributed by atoms with Crippen molar-refractivity contribution in [2.24, 2.45) is 10.9 Å². The molecule has 6 heteroatoms. The highest BCUT2D eigenvalue weighted by Crippen LogP contribution is 2.18. The lowest BCUT2D eigenvalue weighted by Crippen LogP contribution is -2.46. The largest absolute Gasteiger partial charge is 0.469 e. The summed E-state index contributed by atoms with van der Waals surface area (Å²) in [6.45, 7) is 2.37. The number of carbonyl (C=O) groups excluding carboxylic acids is 1. The van der Waals surface area contributed by atoms with Crippen LogP contribution >= 0.6 is 15.9 Å². The molecular weight excluding hydrogens is 346 g/mol. The van der Waals surface area contributed by atoms with Crippen molar-refractivity contribution in [3.8, 4) is 0 Å². The van der Waals surface area contributed by atoms with E-state index in [1.807, 2.05) is 12.1 Å². The summed E-state index contributed by atoms with van der Waals surface area (Å²) in [7, 11) is 3.24. The molecule has 0 spiro atoms. The number of aliphatic imine (C=N–C) groups is 1. The number of piperidine rings is 1. The zero-order valence-corrected chi connectivity index (χ0v) is 14.6. The standard InChI is InChI=1S/C16H22BrN3O2/c1-18-16(19-11-12-3-5-14(17)6-4-12)20-9-7-13(8-10-20)15(21)22-2/h3-6,13H,7-11H2,1-2H3,(H,18,19). The zero-order chi connectivity index (χ0) is 15.9. The molecule has 0 amide bonds. The van der Waals surface area contributed by atoms with E-state index < -0.39 is 0 Å². The lowest BCUT2D eigenvalue weighted by molar-refractivity contribution is -0.146. The van der Waals surface area contributed by atoms with E-state index in [0.29, 0.717) is 0 Å². The number of guanidine groups is 1. The van der Waals surface area contributed by atoms with Gasteiger partial charge in [-0.1, -0.05) is 28.1 Å². The van der Waals surface area contributed by atoms with Gasteiger partial charge in [0.25, 0.3) is 0 Å². The fraction of sp³-hybridized carbons (Fsp3) is 0.500. The second-order valence-electron chi connectivity index (χ2n) is 5.31. The Morgan fingerprint density at radius 3 is 2.55 bits per heavy atom. The first-order valence-corrected chi connectivity index (χ1v) is 8.21. The topological polar surface area (TPSA) is 53.9 Å². The van der Waals surface area contributed by atoms with Gasteiger partial charge in [-0.25, -0.2) is 0 Å². The lowest BCUT2D eigenvalue weighted by Gasteiger charge is -2.33. The first-order valence-electron chi connectivity index (χ1n) is 7.42. The van der Waals surface area contributed by atoms with Crippen LogP contribution in [0.5, 0.6) is 0 Å². The second-order valence-corrected chi connectivity index (χ2v) is 6.23. The molecule has 120 valence electrons. The Bertz CT molecular complexity index is 523. The summed E-state index contributed by atoms with van der Waals surface area (Å²) in [5.74, 6) is 0.800. The van der Waals surface area contributed by atoms with Crippen molar-refractivity contribution >= 4 is 27.9 Å². The maximum Gasteiger partial charge on any atom is 0.308 e. The molecule has 0 atom stereocenters. The molecule has 1 saturated heterocycles. The van der Waals surface area contributed by atoms with Gasteiger partial charge >= 0.3 is 5.97 Å². The minimum Gasteiger partial charge on any atom is -0.469 e. The Morgan fingerprint density at radius 2 is 2.00 bits per heavy atom. The van der Waals surface area contributed by atoms with E-state index in [9.17, 15) is 4.79 Å². The molecule has 0 unspecified atom stereocenters. The van der Waals surface area contributed by atoms with Gasteiger partial charge in [0, 0.05) is 31.2 Å². The van der Waals surface area contributed by atoms with Crippen LogP contribution in [-0.2, 0) is 16.1 Å². The van der Waals surface area contributed by atoms with Crippen LogP contribution in [0.1, 0.15) is 18.4 Å². The number of ether oxygens (including phenoxy) is 1. The molecule has 1 aromatic carbocycles. The Morgan fingerprint density at radius 1 is 1.36 bits per heavy atom. The van der Waals surface area contributed by atoms with Crippen molar-refractivity contribution in [1.29, 1.82) is 0 Å². The third-order valence-corrected chi connectivity index (χ3v) is 4.43. The quantitative estimate of drug-likeness (QED) is 0.506. The van der Waals surface area contributed by atoms with Crippen molar-refractivity contribution in [3.63, 3.8) is 0 Å². The molecule has 0 aromatic heterocycles. The van der Waals surface area contributed by atoms with Crippen LogP contribution in [0.15, 0.2) is 33.7 Å². The molecule has 22 heavy (non-hydrogen) atoms. The van der Waals surface area contributed by atoms with Crippen LogP contribution in [-0.4, -0.2) is 44.1 Å². The van der Waals surface area contributed by atoms with Gasteiger partial charge in [-0.05, 0) is 30.5 Å². The molecule has 0 bridgehead atoms. The predicted octanol–water partition coefficient (Wildman–Crippen LogP) is 2.41. The maximum absolute atomic E-state index is 11.6. The highest BCUT2D eigenvalue weighted by atomic mass is 79.9. The molecule has 2 rings (SSSR count). The van der Waals surface area contributed by atoms with Gasteiger partial charge in [0.1, 0.15) is 0 Å². The third kappa shape index (κ3) is 4.47. The zero-order valence-electron chi connectivity index (χ0n) is 13.0. The summed E-state index contributed by atoms with van der Waals surface area (Å²) in [5.41, 5.74) is 1.20. The summed E-state index contributed by atoms with van der Waals surface area (Å²) < 4.78 is 5.89. The molecule has 1 aliphatic heterocycles. The number of rotatable bonds is 3. The smallest absolute Gasteiger partial charge is 0.308 e. The summed E-state index contributed by atoms with van der Waals surface area (Å²) in [6.07, 6.45) is 1.62. The lowest BCUT2D eigenvalue weighted by atomic mass is 9.97. The van der Waals surface area contributed by atoms with Crippen molar-refractivity contribution in [3.05, 3.63) is 34.3 Å². The average Bonchev–Trinajstić information content (AvgIpc) is 2.57. The number of esters is 1. The SMILES string of the molecule is CN=C(NCc1ccc(Br)cc1)N1CCC(C(=O)OC)CC1. The summed E-state index contributed by atoms with van der Waals surface area (Å²) in [5, 5.41) is 3.38. The molecule has 1 N–H and O–H groups in total. The predicted molar refractivity (Wildman–Crippen MR) is 90.7 cm³/mol. The highest BCUT2D eigenvalue weighted by molar-refractivity contribution is 9.10. The summed E-state index contributed by atoms with van der Waals surface area (Å²) in [6, 6.07) is 8.21. The van der Waals surface area contributed by atoms with Crippen LogP contribution in [0.2, 0.25) is 0 Å². The van der Waals surface area contributed by atoms with Crippen LogP contribution in [0.3, 0.4) is 0 Å². The van der Waals surface area contributed by atoms with Crippen LogP contribution in [0.4, 0.5) is 0 Å². The van der Waals surface area contributed by atoms with Gasteiger partial charge in [-0.15, -0.1) is 0 Å². The van der Waals surface area contributed by atoms with Gasteiger partial charge < -0.3 is 15.0 Å². The van der Waals surface area contributed by atoms with Gasteiger partial charge in [0.2, 0.25) is 0 Å². The van der Waals surface area contributed by atoms with Crippen molar-refractivity contribution in [1.82, 2.24) is 10.2 Å². The highest BCUT2D eigenvalue weighted by Gasteiger charge is 2.26. The third-order valence-electron chi connectivity index (χ3n) is 3.90. The minimum absolute atomic E-state index is 0.0193. The first kappa shape index (κ1) is 16.8. The maximum atomic E-state index is 11.6. The monoisotopic (exact) mass is 367 g/mol. The van der Waals surface area contributed by atoms with Crippen LogP contribution in [0, 0.1) is 5.92 Å². The number of nitrogens with zero attached hydrogens (tertiary/aromatic N) is 2. The molecule has 1 aliphatic rings. The minimum atomic E-state index is -0.0996. The van der Waals surface area contributed by atoms with E-state index >= 15 is 0 Å². The number of carbonyl (C=O) groups is 1. The molecule has 5 nitrogen and oxygen atoms in total. The molecular formula is C16H22BrN3O2. The van der Waals surface area contributed by atoms with Gasteiger partial charge in [-0.2, -0.15) is 0 Å². The number of nitrogens with one attached hydrogen (secondary N) is 1. The Hall–Kier alpha value is -1.56. The van der Waals surface area contributed by atoms with E-state index in [-0.39, 0.29) is 11.9 Å². The van der Waals surface area contributed by atoms with Gasteiger partial charge in [0.15, 0.2) is 5.96 Å². The number of hydrogen-bond donors (Lipinski definition) is 1. The molecule has 1 heterocycles. The van der Waals surface area contributed by atoms with Crippen molar-refractivity contribution < 1.29 is 9.53 Å². The molecule has 0 saturated carbocycles. The second kappa shape index (κ2) is 8.17. The first-order chi connectivity index (χ1) is 10.6. The molecule has 0 aliphatic carbocycles. The van der Waals surface area contributed by atoms with E-state index in [0.717, 1.165) is 42.9 Å². The molecule has 1 fully saturated rings. The van der Waals surface area contributed by atoms with E-state index in [4.69, 9.17) is 4.74 Å². The fourth-order valence-corrected chi connectivity index (χ4v) is 2.87. The van der Waals surface area contributed by atoms with Crippen molar-refractivity contribution in [2.45, 2.75) is 19.4 Å². The van der Waals surface area contributed by atoms with E-state index in [2.05, 4.69) is 43.3 Å².